The number of hydrogen-bond donors (Lipinski definition) is 1. The summed E-state index contributed by atoms with van der Waals surface area (Å²) in [5, 5.41) is 0. The third kappa shape index (κ3) is 3.08. The Morgan fingerprint density at radius 2 is 1.56 bits per heavy atom. The van der Waals surface area contributed by atoms with Crippen molar-refractivity contribution >= 4 is 7.60 Å². The lowest BCUT2D eigenvalue weighted by atomic mass is 10.2. The molecule has 0 aliphatic heterocycles. The fourth-order valence-corrected chi connectivity index (χ4v) is 1.11. The SMILES string of the molecule is CP(=O)(O)OC(F)(F)C(F)(F)C(F)(F)CF. The maximum atomic E-state index is 12.4. The molecular weight excluding hydrogens is 272 g/mol. The number of halogens is 7. The second-order valence-corrected chi connectivity index (χ2v) is 4.61. The lowest BCUT2D eigenvalue weighted by molar-refractivity contribution is -0.374. The fourth-order valence-electron chi connectivity index (χ4n) is 0.567. The average Bonchev–Trinajstić information content (AvgIpc) is 1.99. The van der Waals surface area contributed by atoms with E-state index in [2.05, 4.69) is 4.52 Å². The van der Waals surface area contributed by atoms with Crippen LogP contribution in [-0.2, 0) is 9.09 Å². The van der Waals surface area contributed by atoms with E-state index in [1.54, 1.807) is 0 Å². The summed E-state index contributed by atoms with van der Waals surface area (Å²) in [6, 6.07) is 0. The highest BCUT2D eigenvalue weighted by molar-refractivity contribution is 7.51. The molecule has 0 amide bonds. The Balaban J connectivity index is 5.22. The molecule has 0 aliphatic rings. The van der Waals surface area contributed by atoms with Crippen molar-refractivity contribution in [3.05, 3.63) is 0 Å². The standard InChI is InChI=1S/C5H6F7O3P/c1-16(13,14)15-5(11,12)4(9,10)3(7,8)2-6/h2H2,1H3,(H,13,14). The maximum absolute atomic E-state index is 12.4. The van der Waals surface area contributed by atoms with Crippen LogP contribution in [0.4, 0.5) is 30.7 Å². The van der Waals surface area contributed by atoms with Gasteiger partial charge in [-0.2, -0.15) is 26.3 Å². The Morgan fingerprint density at radius 3 is 1.81 bits per heavy atom. The van der Waals surface area contributed by atoms with Gasteiger partial charge in [-0.05, 0) is 0 Å². The molecule has 0 spiro atoms. The molecule has 1 N–H and O–H groups in total. The Labute approximate surface area is 84.7 Å². The zero-order valence-electron chi connectivity index (χ0n) is 7.56. The van der Waals surface area contributed by atoms with Crippen molar-refractivity contribution in [3.8, 4) is 0 Å². The number of hydrogen-bond acceptors (Lipinski definition) is 2. The van der Waals surface area contributed by atoms with Crippen LogP contribution in [0.3, 0.4) is 0 Å². The van der Waals surface area contributed by atoms with Gasteiger partial charge in [-0.1, -0.05) is 0 Å². The van der Waals surface area contributed by atoms with E-state index >= 15 is 0 Å². The highest BCUT2D eigenvalue weighted by Crippen LogP contribution is 2.53. The largest absolute Gasteiger partial charge is 0.432 e. The van der Waals surface area contributed by atoms with E-state index in [1.807, 2.05) is 0 Å². The summed E-state index contributed by atoms with van der Waals surface area (Å²) < 4.78 is 98.4. The summed E-state index contributed by atoms with van der Waals surface area (Å²) in [6.07, 6.45) is -5.97. The maximum Gasteiger partial charge on any atom is 0.432 e. The lowest BCUT2D eigenvalue weighted by Gasteiger charge is -2.30. The molecule has 0 aliphatic carbocycles. The molecule has 98 valence electrons. The number of rotatable bonds is 5. The van der Waals surface area contributed by atoms with E-state index in [9.17, 15) is 35.3 Å². The molecule has 1 unspecified atom stereocenters. The average molecular weight is 278 g/mol. The van der Waals surface area contributed by atoms with E-state index in [0.29, 0.717) is 0 Å². The minimum Gasteiger partial charge on any atom is -0.324 e. The molecule has 0 aromatic heterocycles. The molecular formula is C5H6F7O3P. The molecule has 0 fully saturated rings. The van der Waals surface area contributed by atoms with Gasteiger partial charge in [0.15, 0.2) is 6.67 Å². The van der Waals surface area contributed by atoms with Gasteiger partial charge in [0.2, 0.25) is 0 Å². The van der Waals surface area contributed by atoms with Crippen molar-refractivity contribution in [3.63, 3.8) is 0 Å². The summed E-state index contributed by atoms with van der Waals surface area (Å²) >= 11 is 0. The van der Waals surface area contributed by atoms with Gasteiger partial charge in [0.1, 0.15) is 0 Å². The van der Waals surface area contributed by atoms with Crippen molar-refractivity contribution in [1.29, 1.82) is 0 Å². The third-order valence-electron chi connectivity index (χ3n) is 1.28. The first-order chi connectivity index (χ1) is 6.77. The van der Waals surface area contributed by atoms with Crippen LogP contribution in [0.1, 0.15) is 0 Å². The second-order valence-electron chi connectivity index (χ2n) is 2.82. The number of alkyl halides is 7. The molecule has 0 rings (SSSR count). The Bertz CT molecular complexity index is 298. The third-order valence-corrected chi connectivity index (χ3v) is 1.84. The summed E-state index contributed by atoms with van der Waals surface area (Å²) in [5.41, 5.74) is 0. The van der Waals surface area contributed by atoms with Crippen LogP contribution in [0.2, 0.25) is 0 Å². The first-order valence-electron chi connectivity index (χ1n) is 3.47. The van der Waals surface area contributed by atoms with Gasteiger partial charge in [-0.3, -0.25) is 4.57 Å². The van der Waals surface area contributed by atoms with Crippen molar-refractivity contribution in [2.45, 2.75) is 18.0 Å². The molecule has 0 saturated heterocycles. The quantitative estimate of drug-likeness (QED) is 0.621. The first-order valence-corrected chi connectivity index (χ1v) is 5.50. The highest BCUT2D eigenvalue weighted by Gasteiger charge is 2.74. The van der Waals surface area contributed by atoms with Gasteiger partial charge in [-0.15, -0.1) is 0 Å². The Kier molecular flexibility index (Phi) is 4.07. The molecule has 0 aromatic rings. The van der Waals surface area contributed by atoms with Crippen LogP contribution >= 0.6 is 7.60 Å². The zero-order valence-corrected chi connectivity index (χ0v) is 8.46. The van der Waals surface area contributed by atoms with Gasteiger partial charge in [-0.25, -0.2) is 8.91 Å². The van der Waals surface area contributed by atoms with Crippen LogP contribution in [0.5, 0.6) is 0 Å². The van der Waals surface area contributed by atoms with E-state index in [4.69, 9.17) is 4.89 Å². The molecule has 0 bridgehead atoms. The van der Waals surface area contributed by atoms with Gasteiger partial charge in [0.25, 0.3) is 0 Å². The van der Waals surface area contributed by atoms with E-state index in [1.165, 1.54) is 0 Å². The summed E-state index contributed by atoms with van der Waals surface area (Å²) in [6.45, 7) is -2.98. The monoisotopic (exact) mass is 278 g/mol. The Hall–Kier alpha value is -0.340. The molecule has 0 radical (unpaired) electrons. The van der Waals surface area contributed by atoms with Gasteiger partial charge < -0.3 is 4.89 Å². The molecule has 0 saturated carbocycles. The normalized spacial score (nSPS) is 18.3. The van der Waals surface area contributed by atoms with Crippen LogP contribution in [-0.4, -0.2) is 36.2 Å². The van der Waals surface area contributed by atoms with Crippen molar-refractivity contribution < 1.29 is 44.7 Å². The van der Waals surface area contributed by atoms with Gasteiger partial charge in [0.05, 0.1) is 0 Å². The molecule has 16 heavy (non-hydrogen) atoms. The van der Waals surface area contributed by atoms with E-state index in [0.717, 1.165) is 0 Å². The van der Waals surface area contributed by atoms with Crippen LogP contribution < -0.4 is 0 Å². The van der Waals surface area contributed by atoms with Gasteiger partial charge >= 0.3 is 25.5 Å². The van der Waals surface area contributed by atoms with Crippen LogP contribution in [0.15, 0.2) is 0 Å². The second kappa shape index (κ2) is 4.15. The molecule has 0 heterocycles. The van der Waals surface area contributed by atoms with E-state index in [-0.39, 0.29) is 6.66 Å². The fraction of sp³-hybridized carbons (Fsp3) is 1.00. The molecule has 11 heteroatoms. The summed E-state index contributed by atoms with van der Waals surface area (Å²) in [4.78, 5) is 8.24. The summed E-state index contributed by atoms with van der Waals surface area (Å²) in [5.74, 6) is -12.0. The molecule has 1 atom stereocenters. The smallest absolute Gasteiger partial charge is 0.324 e. The Morgan fingerprint density at radius 1 is 1.19 bits per heavy atom. The molecule has 3 nitrogen and oxygen atoms in total. The van der Waals surface area contributed by atoms with Crippen LogP contribution in [0.25, 0.3) is 0 Å². The van der Waals surface area contributed by atoms with Crippen molar-refractivity contribution in [2.24, 2.45) is 0 Å². The predicted octanol–water partition coefficient (Wildman–Crippen LogP) is 2.65. The minimum atomic E-state index is -6.25. The topological polar surface area (TPSA) is 46.5 Å². The minimum absolute atomic E-state index is 0.0879. The molecule has 0 aromatic carbocycles. The van der Waals surface area contributed by atoms with E-state index < -0.39 is 32.2 Å². The van der Waals surface area contributed by atoms with Crippen molar-refractivity contribution in [2.75, 3.05) is 13.3 Å². The predicted molar refractivity (Wildman–Crippen MR) is 37.7 cm³/mol. The van der Waals surface area contributed by atoms with Gasteiger partial charge in [0, 0.05) is 6.66 Å². The summed E-state index contributed by atoms with van der Waals surface area (Å²) in [7, 11) is -5.15. The van der Waals surface area contributed by atoms with Crippen LogP contribution in [0, 0.1) is 0 Å². The first kappa shape index (κ1) is 15.7. The zero-order chi connectivity index (χ0) is 13.4. The highest BCUT2D eigenvalue weighted by atomic mass is 31.2. The van der Waals surface area contributed by atoms with Crippen molar-refractivity contribution in [1.82, 2.24) is 0 Å². The lowest BCUT2D eigenvalue weighted by Crippen LogP contribution is -2.56.